The summed E-state index contributed by atoms with van der Waals surface area (Å²) in [7, 11) is 1.61. The van der Waals surface area contributed by atoms with E-state index in [0.29, 0.717) is 13.2 Å². The molecule has 17 heavy (non-hydrogen) atoms. The fourth-order valence-corrected chi connectivity index (χ4v) is 1.33. The number of aromatic nitrogens is 3. The van der Waals surface area contributed by atoms with Crippen LogP contribution in [0.4, 0.5) is 0 Å². The maximum absolute atomic E-state index is 9.09. The van der Waals surface area contributed by atoms with Crippen LogP contribution in [0.2, 0.25) is 0 Å². The SMILES string of the molecule is COCC(CO)NCc1cn(C(C)(C)C)nn1. The molecule has 1 aromatic rings. The number of nitrogens with zero attached hydrogens (tertiary/aromatic N) is 3. The van der Waals surface area contributed by atoms with Gasteiger partial charge in [-0.3, -0.25) is 0 Å². The average Bonchev–Trinajstić information content (AvgIpc) is 2.72. The summed E-state index contributed by atoms with van der Waals surface area (Å²) in [5, 5.41) is 20.4. The molecule has 0 spiro atoms. The van der Waals surface area contributed by atoms with E-state index < -0.39 is 0 Å². The van der Waals surface area contributed by atoms with Gasteiger partial charge in [0.1, 0.15) is 0 Å². The van der Waals surface area contributed by atoms with Gasteiger partial charge in [0.2, 0.25) is 0 Å². The molecule has 0 aromatic carbocycles. The molecule has 0 radical (unpaired) electrons. The van der Waals surface area contributed by atoms with Crippen LogP contribution in [-0.4, -0.2) is 46.5 Å². The summed E-state index contributed by atoms with van der Waals surface area (Å²) < 4.78 is 6.81. The first-order chi connectivity index (χ1) is 7.97. The second-order valence-electron chi connectivity index (χ2n) is 5.04. The molecule has 1 heterocycles. The summed E-state index contributed by atoms with van der Waals surface area (Å²) in [5.41, 5.74) is 0.795. The molecule has 0 saturated heterocycles. The molecule has 0 amide bonds. The van der Waals surface area contributed by atoms with Crippen molar-refractivity contribution in [2.75, 3.05) is 20.3 Å². The van der Waals surface area contributed by atoms with Crippen LogP contribution in [0.5, 0.6) is 0 Å². The van der Waals surface area contributed by atoms with E-state index in [1.807, 2.05) is 10.9 Å². The van der Waals surface area contributed by atoms with Crippen molar-refractivity contribution in [2.45, 2.75) is 38.9 Å². The summed E-state index contributed by atoms with van der Waals surface area (Å²) in [4.78, 5) is 0. The number of aliphatic hydroxyl groups excluding tert-OH is 1. The third-order valence-corrected chi connectivity index (χ3v) is 2.39. The lowest BCUT2D eigenvalue weighted by Crippen LogP contribution is -2.36. The zero-order valence-corrected chi connectivity index (χ0v) is 11.0. The Morgan fingerprint density at radius 3 is 2.71 bits per heavy atom. The van der Waals surface area contributed by atoms with Crippen molar-refractivity contribution in [1.29, 1.82) is 0 Å². The fourth-order valence-electron chi connectivity index (χ4n) is 1.33. The van der Waals surface area contributed by atoms with E-state index in [0.717, 1.165) is 5.69 Å². The molecule has 0 bridgehead atoms. The minimum absolute atomic E-state index is 0.0429. The Bertz CT molecular complexity index is 332. The topological polar surface area (TPSA) is 72.2 Å². The Labute approximate surface area is 102 Å². The highest BCUT2D eigenvalue weighted by molar-refractivity contribution is 4.94. The first-order valence-corrected chi connectivity index (χ1v) is 5.72. The molecule has 2 N–H and O–H groups in total. The molecule has 0 aliphatic heterocycles. The third kappa shape index (κ3) is 4.41. The van der Waals surface area contributed by atoms with Crippen molar-refractivity contribution >= 4 is 0 Å². The van der Waals surface area contributed by atoms with E-state index in [1.54, 1.807) is 7.11 Å². The number of nitrogens with one attached hydrogen (secondary N) is 1. The van der Waals surface area contributed by atoms with E-state index in [4.69, 9.17) is 9.84 Å². The molecule has 6 nitrogen and oxygen atoms in total. The number of ether oxygens (including phenoxy) is 1. The van der Waals surface area contributed by atoms with Gasteiger partial charge in [-0.05, 0) is 20.8 Å². The quantitative estimate of drug-likeness (QED) is 0.742. The summed E-state index contributed by atoms with van der Waals surface area (Å²) in [6.45, 7) is 7.30. The second kappa shape index (κ2) is 6.09. The van der Waals surface area contributed by atoms with E-state index in [9.17, 15) is 0 Å². The second-order valence-corrected chi connectivity index (χ2v) is 5.04. The summed E-state index contributed by atoms with van der Waals surface area (Å²) in [6, 6.07) is -0.0696. The highest BCUT2D eigenvalue weighted by Crippen LogP contribution is 2.11. The van der Waals surface area contributed by atoms with Gasteiger partial charge in [-0.15, -0.1) is 5.10 Å². The zero-order valence-electron chi connectivity index (χ0n) is 11.0. The number of methoxy groups -OCH3 is 1. The van der Waals surface area contributed by atoms with E-state index in [2.05, 4.69) is 36.4 Å². The average molecular weight is 242 g/mol. The molecule has 0 aliphatic rings. The Kier molecular flexibility index (Phi) is 5.04. The molecule has 6 heteroatoms. The van der Waals surface area contributed by atoms with Crippen LogP contribution in [0.1, 0.15) is 26.5 Å². The molecule has 0 saturated carbocycles. The van der Waals surface area contributed by atoms with Crippen LogP contribution >= 0.6 is 0 Å². The van der Waals surface area contributed by atoms with Crippen LogP contribution in [0.3, 0.4) is 0 Å². The molecule has 1 aromatic heterocycles. The molecule has 1 unspecified atom stereocenters. The van der Waals surface area contributed by atoms with Gasteiger partial charge in [0.25, 0.3) is 0 Å². The molecule has 1 rings (SSSR count). The van der Waals surface area contributed by atoms with Gasteiger partial charge < -0.3 is 15.2 Å². The van der Waals surface area contributed by atoms with Crippen LogP contribution < -0.4 is 5.32 Å². The van der Waals surface area contributed by atoms with Crippen molar-refractivity contribution in [1.82, 2.24) is 20.3 Å². The lowest BCUT2D eigenvalue weighted by molar-refractivity contribution is 0.128. The third-order valence-electron chi connectivity index (χ3n) is 2.39. The maximum Gasteiger partial charge on any atom is 0.0965 e. The highest BCUT2D eigenvalue weighted by atomic mass is 16.5. The number of aliphatic hydroxyl groups is 1. The Hall–Kier alpha value is -0.980. The minimum atomic E-state index is -0.0696. The van der Waals surface area contributed by atoms with Gasteiger partial charge >= 0.3 is 0 Å². The standard InChI is InChI=1S/C11H22N4O2/c1-11(2,3)15-6-9(13-14-15)5-12-10(7-16)8-17-4/h6,10,12,16H,5,7-8H2,1-4H3. The van der Waals surface area contributed by atoms with Gasteiger partial charge in [-0.25, -0.2) is 4.68 Å². The van der Waals surface area contributed by atoms with Crippen molar-refractivity contribution in [2.24, 2.45) is 0 Å². The van der Waals surface area contributed by atoms with Crippen LogP contribution in [0, 0.1) is 0 Å². The lowest BCUT2D eigenvalue weighted by atomic mass is 10.1. The molecular weight excluding hydrogens is 220 g/mol. The Balaban J connectivity index is 2.49. The maximum atomic E-state index is 9.09. The molecule has 1 atom stereocenters. The Morgan fingerprint density at radius 1 is 1.53 bits per heavy atom. The fraction of sp³-hybridized carbons (Fsp3) is 0.818. The van der Waals surface area contributed by atoms with Gasteiger partial charge in [0.05, 0.1) is 36.7 Å². The zero-order chi connectivity index (χ0) is 12.9. The van der Waals surface area contributed by atoms with Crippen molar-refractivity contribution in [3.05, 3.63) is 11.9 Å². The van der Waals surface area contributed by atoms with Crippen molar-refractivity contribution in [3.8, 4) is 0 Å². The lowest BCUT2D eigenvalue weighted by Gasteiger charge is -2.17. The van der Waals surface area contributed by atoms with Crippen LogP contribution in [0.15, 0.2) is 6.20 Å². The van der Waals surface area contributed by atoms with E-state index >= 15 is 0 Å². The van der Waals surface area contributed by atoms with Gasteiger partial charge in [-0.2, -0.15) is 0 Å². The van der Waals surface area contributed by atoms with Gasteiger partial charge in [0.15, 0.2) is 0 Å². The van der Waals surface area contributed by atoms with Crippen molar-refractivity contribution in [3.63, 3.8) is 0 Å². The summed E-state index contributed by atoms with van der Waals surface area (Å²) in [5.74, 6) is 0. The number of hydrogen-bond donors (Lipinski definition) is 2. The smallest absolute Gasteiger partial charge is 0.0965 e. The molecule has 98 valence electrons. The number of rotatable bonds is 6. The van der Waals surface area contributed by atoms with Crippen LogP contribution in [-0.2, 0) is 16.8 Å². The predicted molar refractivity (Wildman–Crippen MR) is 64.6 cm³/mol. The molecular formula is C11H22N4O2. The molecule has 0 aliphatic carbocycles. The normalized spacial score (nSPS) is 13.9. The predicted octanol–water partition coefficient (Wildman–Crippen LogP) is 0.130. The van der Waals surface area contributed by atoms with Crippen LogP contribution in [0.25, 0.3) is 0 Å². The highest BCUT2D eigenvalue weighted by Gasteiger charge is 2.15. The first-order valence-electron chi connectivity index (χ1n) is 5.72. The van der Waals surface area contributed by atoms with E-state index in [1.165, 1.54) is 0 Å². The molecule has 0 fully saturated rings. The monoisotopic (exact) mass is 242 g/mol. The largest absolute Gasteiger partial charge is 0.395 e. The summed E-state index contributed by atoms with van der Waals surface area (Å²) in [6.07, 6.45) is 1.91. The Morgan fingerprint density at radius 2 is 2.24 bits per heavy atom. The van der Waals surface area contributed by atoms with Gasteiger partial charge in [-0.1, -0.05) is 5.21 Å². The minimum Gasteiger partial charge on any atom is -0.395 e. The first kappa shape index (κ1) is 14.1. The summed E-state index contributed by atoms with van der Waals surface area (Å²) >= 11 is 0. The van der Waals surface area contributed by atoms with E-state index in [-0.39, 0.29) is 18.2 Å². The number of hydrogen-bond acceptors (Lipinski definition) is 5. The van der Waals surface area contributed by atoms with Crippen molar-refractivity contribution < 1.29 is 9.84 Å². The van der Waals surface area contributed by atoms with Gasteiger partial charge in [0, 0.05) is 13.7 Å².